The van der Waals surface area contributed by atoms with Crippen molar-refractivity contribution in [2.75, 3.05) is 26.2 Å². The Morgan fingerprint density at radius 2 is 1.64 bits per heavy atom. The number of hydrogen-bond donors (Lipinski definition) is 0. The lowest BCUT2D eigenvalue weighted by atomic mass is 9.75. The van der Waals surface area contributed by atoms with E-state index in [4.69, 9.17) is 0 Å². The maximum absolute atomic E-state index is 13.0. The number of likely N-dealkylation sites (tertiary alicyclic amines) is 2. The van der Waals surface area contributed by atoms with Gasteiger partial charge in [0.2, 0.25) is 5.91 Å². The smallest absolute Gasteiger partial charge is 0.263 e. The second-order valence-electron chi connectivity index (χ2n) is 7.92. The monoisotopic (exact) mass is 360 g/mol. The fraction of sp³-hybridized carbons (Fsp3) is 0.700. The Balaban J connectivity index is 1.30. The van der Waals surface area contributed by atoms with Crippen molar-refractivity contribution in [3.8, 4) is 0 Å². The molecular formula is C20H28N2O2S. The number of fused-ring (bicyclic) bond motifs is 1. The van der Waals surface area contributed by atoms with Crippen LogP contribution in [0.5, 0.6) is 0 Å². The van der Waals surface area contributed by atoms with Gasteiger partial charge < -0.3 is 9.80 Å². The molecular weight excluding hydrogens is 332 g/mol. The van der Waals surface area contributed by atoms with Gasteiger partial charge >= 0.3 is 0 Å². The van der Waals surface area contributed by atoms with Crippen LogP contribution in [0.1, 0.15) is 54.6 Å². The van der Waals surface area contributed by atoms with E-state index in [2.05, 4.69) is 4.90 Å². The Labute approximate surface area is 154 Å². The molecule has 4 rings (SSSR count). The van der Waals surface area contributed by atoms with Crippen molar-refractivity contribution >= 4 is 23.2 Å². The molecule has 5 heteroatoms. The van der Waals surface area contributed by atoms with Gasteiger partial charge in [0, 0.05) is 32.1 Å². The van der Waals surface area contributed by atoms with E-state index in [-0.39, 0.29) is 11.8 Å². The number of carbonyl (C=O) groups excluding carboxylic acids is 2. The zero-order valence-electron chi connectivity index (χ0n) is 14.9. The molecule has 1 saturated carbocycles. The molecule has 1 aliphatic carbocycles. The predicted octanol–water partition coefficient (Wildman–Crippen LogP) is 3.64. The van der Waals surface area contributed by atoms with Crippen LogP contribution < -0.4 is 0 Å². The number of hydrogen-bond acceptors (Lipinski definition) is 3. The van der Waals surface area contributed by atoms with Crippen molar-refractivity contribution in [1.82, 2.24) is 9.80 Å². The van der Waals surface area contributed by atoms with Crippen LogP contribution in [0.3, 0.4) is 0 Å². The maximum Gasteiger partial charge on any atom is 0.263 e. The summed E-state index contributed by atoms with van der Waals surface area (Å²) in [6.07, 6.45) is 8.24. The van der Waals surface area contributed by atoms with Crippen molar-refractivity contribution in [3.63, 3.8) is 0 Å². The van der Waals surface area contributed by atoms with E-state index in [9.17, 15) is 9.59 Å². The highest BCUT2D eigenvalue weighted by Crippen LogP contribution is 2.37. The van der Waals surface area contributed by atoms with Crippen LogP contribution in [0.25, 0.3) is 0 Å². The predicted molar refractivity (Wildman–Crippen MR) is 99.6 cm³/mol. The van der Waals surface area contributed by atoms with Crippen LogP contribution in [-0.4, -0.2) is 47.8 Å². The zero-order chi connectivity index (χ0) is 17.2. The highest BCUT2D eigenvalue weighted by molar-refractivity contribution is 7.12. The lowest BCUT2D eigenvalue weighted by Crippen LogP contribution is -2.49. The molecule has 0 spiro atoms. The summed E-state index contributed by atoms with van der Waals surface area (Å²) < 4.78 is 0. The molecule has 1 aromatic rings. The molecule has 0 bridgehead atoms. The number of piperidine rings is 2. The number of carbonyl (C=O) groups is 2. The first-order valence-corrected chi connectivity index (χ1v) is 10.7. The summed E-state index contributed by atoms with van der Waals surface area (Å²) in [7, 11) is 0. The van der Waals surface area contributed by atoms with Gasteiger partial charge in [0.1, 0.15) is 0 Å². The second-order valence-corrected chi connectivity index (χ2v) is 8.87. The SMILES string of the molecule is O=C(c1cccs1)N1CCC(C(=O)N2CCC3CCCCC3C2)CC1. The molecule has 4 nitrogen and oxygen atoms in total. The number of nitrogens with zero attached hydrogens (tertiary/aromatic N) is 2. The molecule has 2 aliphatic heterocycles. The van der Waals surface area contributed by atoms with Gasteiger partial charge in [-0.1, -0.05) is 25.3 Å². The van der Waals surface area contributed by atoms with Crippen LogP contribution >= 0.6 is 11.3 Å². The minimum Gasteiger partial charge on any atom is -0.342 e. The lowest BCUT2D eigenvalue weighted by Gasteiger charge is -2.43. The number of thiophene rings is 1. The quantitative estimate of drug-likeness (QED) is 0.808. The first kappa shape index (κ1) is 17.1. The van der Waals surface area contributed by atoms with Crippen molar-refractivity contribution < 1.29 is 9.59 Å². The summed E-state index contributed by atoms with van der Waals surface area (Å²) in [5, 5.41) is 1.94. The Kier molecular flexibility index (Phi) is 5.11. The minimum atomic E-state index is 0.118. The molecule has 2 unspecified atom stereocenters. The van der Waals surface area contributed by atoms with Gasteiger partial charge in [-0.3, -0.25) is 9.59 Å². The van der Waals surface area contributed by atoms with Gasteiger partial charge in [-0.05, 0) is 49.0 Å². The molecule has 0 radical (unpaired) electrons. The maximum atomic E-state index is 13.0. The summed E-state index contributed by atoms with van der Waals surface area (Å²) in [6, 6.07) is 3.81. The molecule has 25 heavy (non-hydrogen) atoms. The summed E-state index contributed by atoms with van der Waals surface area (Å²) in [5.41, 5.74) is 0. The van der Waals surface area contributed by atoms with Crippen LogP contribution in [0, 0.1) is 17.8 Å². The molecule has 136 valence electrons. The summed E-state index contributed by atoms with van der Waals surface area (Å²) >= 11 is 1.50. The molecule has 1 aromatic heterocycles. The van der Waals surface area contributed by atoms with Gasteiger partial charge in [-0.25, -0.2) is 0 Å². The second kappa shape index (κ2) is 7.48. The van der Waals surface area contributed by atoms with Crippen molar-refractivity contribution in [2.45, 2.75) is 44.9 Å². The minimum absolute atomic E-state index is 0.118. The average Bonchev–Trinajstić information content (AvgIpc) is 3.21. The zero-order valence-corrected chi connectivity index (χ0v) is 15.7. The van der Waals surface area contributed by atoms with E-state index in [0.29, 0.717) is 19.0 Å². The normalized spacial score (nSPS) is 27.8. The number of amides is 2. The van der Waals surface area contributed by atoms with Crippen LogP contribution in [-0.2, 0) is 4.79 Å². The van der Waals surface area contributed by atoms with Crippen LogP contribution in [0.2, 0.25) is 0 Å². The highest BCUT2D eigenvalue weighted by Gasteiger charge is 2.36. The Hall–Kier alpha value is -1.36. The Morgan fingerprint density at radius 3 is 2.36 bits per heavy atom. The van der Waals surface area contributed by atoms with E-state index < -0.39 is 0 Å². The molecule has 0 aromatic carbocycles. The van der Waals surface area contributed by atoms with Crippen molar-refractivity contribution in [3.05, 3.63) is 22.4 Å². The summed E-state index contributed by atoms with van der Waals surface area (Å²) in [6.45, 7) is 3.37. The molecule has 3 aliphatic rings. The largest absolute Gasteiger partial charge is 0.342 e. The standard InChI is InChI=1S/C20H28N2O2S/c23-19(22-12-7-15-4-1-2-5-17(15)14-22)16-8-10-21(11-9-16)20(24)18-6-3-13-25-18/h3,6,13,15-17H,1-2,4-5,7-12,14H2. The topological polar surface area (TPSA) is 40.6 Å². The third-order valence-corrected chi connectivity index (χ3v) is 7.32. The van der Waals surface area contributed by atoms with Gasteiger partial charge in [0.25, 0.3) is 5.91 Å². The number of rotatable bonds is 2. The van der Waals surface area contributed by atoms with Crippen LogP contribution in [0.15, 0.2) is 17.5 Å². The summed E-state index contributed by atoms with van der Waals surface area (Å²) in [4.78, 5) is 30.3. The fourth-order valence-electron chi connectivity index (χ4n) is 4.94. The van der Waals surface area contributed by atoms with Gasteiger partial charge in [0.15, 0.2) is 0 Å². The lowest BCUT2D eigenvalue weighted by molar-refractivity contribution is -0.140. The van der Waals surface area contributed by atoms with E-state index in [0.717, 1.165) is 42.6 Å². The van der Waals surface area contributed by atoms with Crippen LogP contribution in [0.4, 0.5) is 0 Å². The molecule has 0 N–H and O–H groups in total. The van der Waals surface area contributed by atoms with Gasteiger partial charge in [0.05, 0.1) is 4.88 Å². The first-order chi connectivity index (χ1) is 12.2. The van der Waals surface area contributed by atoms with E-state index in [1.165, 1.54) is 43.4 Å². The first-order valence-electron chi connectivity index (χ1n) is 9.84. The van der Waals surface area contributed by atoms with E-state index >= 15 is 0 Å². The third kappa shape index (κ3) is 3.62. The van der Waals surface area contributed by atoms with Gasteiger partial charge in [-0.2, -0.15) is 0 Å². The Morgan fingerprint density at radius 1 is 0.920 bits per heavy atom. The van der Waals surface area contributed by atoms with Crippen molar-refractivity contribution in [1.29, 1.82) is 0 Å². The highest BCUT2D eigenvalue weighted by atomic mass is 32.1. The van der Waals surface area contributed by atoms with Crippen molar-refractivity contribution in [2.24, 2.45) is 17.8 Å². The summed E-state index contributed by atoms with van der Waals surface area (Å²) in [5.74, 6) is 2.21. The fourth-order valence-corrected chi connectivity index (χ4v) is 5.64. The average molecular weight is 361 g/mol. The Bertz CT molecular complexity index is 607. The third-order valence-electron chi connectivity index (χ3n) is 6.47. The van der Waals surface area contributed by atoms with Gasteiger partial charge in [-0.15, -0.1) is 11.3 Å². The molecule has 2 saturated heterocycles. The molecule has 2 atom stereocenters. The van der Waals surface area contributed by atoms with E-state index in [1.54, 1.807) is 0 Å². The molecule has 3 fully saturated rings. The molecule has 3 heterocycles. The molecule has 2 amide bonds. The van der Waals surface area contributed by atoms with E-state index in [1.807, 2.05) is 22.4 Å².